The lowest BCUT2D eigenvalue weighted by Gasteiger charge is -2.36. The lowest BCUT2D eigenvalue weighted by atomic mass is 9.93. The number of aryl methyl sites for hydroxylation is 2. The Balaban J connectivity index is 1.53. The second-order valence-corrected chi connectivity index (χ2v) is 11.6. The Morgan fingerprint density at radius 1 is 1.00 bits per heavy atom. The zero-order valence-electron chi connectivity index (χ0n) is 24.9. The summed E-state index contributed by atoms with van der Waals surface area (Å²) in [5.74, 6) is 0.684. The Hall–Kier alpha value is -3.77. The van der Waals surface area contributed by atoms with Gasteiger partial charge in [0, 0.05) is 41.2 Å². The van der Waals surface area contributed by atoms with Crippen LogP contribution in [-0.2, 0) is 23.6 Å². The molecule has 44 heavy (non-hydrogen) atoms. The van der Waals surface area contributed by atoms with Crippen molar-refractivity contribution in [3.63, 3.8) is 0 Å². The monoisotopic (exact) mass is 623 g/mol. The van der Waals surface area contributed by atoms with Crippen molar-refractivity contribution in [1.29, 1.82) is 0 Å². The third-order valence-electron chi connectivity index (χ3n) is 8.66. The molecule has 1 saturated heterocycles. The number of hydrogen-bond donors (Lipinski definition) is 1. The molecule has 0 unspecified atom stereocenters. The van der Waals surface area contributed by atoms with E-state index in [1.54, 1.807) is 13.1 Å². The summed E-state index contributed by atoms with van der Waals surface area (Å²) >= 11 is 0. The largest absolute Gasteiger partial charge is 0.439 e. The molecule has 0 radical (unpaired) electrons. The fourth-order valence-electron chi connectivity index (χ4n) is 6.45. The van der Waals surface area contributed by atoms with E-state index in [0.29, 0.717) is 30.1 Å². The Bertz CT molecular complexity index is 1460. The molecular formula is C31H35F6N5O2. The quantitative estimate of drug-likeness (QED) is 0.268. The zero-order chi connectivity index (χ0) is 32.0. The lowest BCUT2D eigenvalue weighted by molar-refractivity contribution is -0.143. The molecule has 1 aromatic carbocycles. The van der Waals surface area contributed by atoms with Crippen molar-refractivity contribution in [2.45, 2.75) is 96.9 Å². The molecule has 2 atom stereocenters. The highest BCUT2D eigenvalue weighted by Crippen LogP contribution is 2.42. The van der Waals surface area contributed by atoms with Crippen LogP contribution >= 0.6 is 0 Å². The number of pyridine rings is 1. The van der Waals surface area contributed by atoms with Gasteiger partial charge >= 0.3 is 18.4 Å². The first-order valence-corrected chi connectivity index (χ1v) is 14.7. The molecule has 1 N–H and O–H groups in total. The number of nitrogens with zero attached hydrogens (tertiary/aromatic N) is 4. The first kappa shape index (κ1) is 31.6. The van der Waals surface area contributed by atoms with Gasteiger partial charge in [-0.3, -0.25) is 10.00 Å². The molecule has 2 aliphatic rings. The van der Waals surface area contributed by atoms with E-state index in [0.717, 1.165) is 54.6 Å². The number of aromatic amines is 1. The van der Waals surface area contributed by atoms with Crippen LogP contribution in [0.15, 0.2) is 30.5 Å². The van der Waals surface area contributed by atoms with Crippen LogP contribution in [0, 0.1) is 13.8 Å². The predicted octanol–water partition coefficient (Wildman–Crippen LogP) is 8.37. The molecule has 0 spiro atoms. The number of benzene rings is 1. The van der Waals surface area contributed by atoms with Gasteiger partial charge in [0.25, 0.3) is 0 Å². The number of alkyl halides is 6. The fraction of sp³-hybridized carbons (Fsp3) is 0.516. The van der Waals surface area contributed by atoms with E-state index in [1.165, 1.54) is 4.90 Å². The van der Waals surface area contributed by atoms with Crippen LogP contribution < -0.4 is 4.90 Å². The molecule has 7 nitrogen and oxygen atoms in total. The number of carbonyl (C=O) groups excluding carboxylic acids is 1. The van der Waals surface area contributed by atoms with Crippen molar-refractivity contribution < 1.29 is 35.9 Å². The number of rotatable bonds is 7. The van der Waals surface area contributed by atoms with Crippen LogP contribution in [0.25, 0.3) is 11.1 Å². The van der Waals surface area contributed by atoms with E-state index < -0.39 is 41.7 Å². The molecule has 2 aromatic heterocycles. The molecule has 1 aliphatic heterocycles. The molecule has 5 rings (SSSR count). The van der Waals surface area contributed by atoms with Crippen LogP contribution in [0.4, 0.5) is 37.0 Å². The third-order valence-corrected chi connectivity index (χ3v) is 8.66. The summed E-state index contributed by atoms with van der Waals surface area (Å²) in [5.41, 5.74) is 0.647. The number of aromatic nitrogens is 3. The average molecular weight is 624 g/mol. The summed E-state index contributed by atoms with van der Waals surface area (Å²) in [6.07, 6.45) is -5.10. The van der Waals surface area contributed by atoms with Crippen molar-refractivity contribution in [1.82, 2.24) is 20.1 Å². The maximum absolute atomic E-state index is 13.6. The third kappa shape index (κ3) is 6.23. The highest BCUT2D eigenvalue weighted by atomic mass is 19.4. The van der Waals surface area contributed by atoms with Gasteiger partial charge in [0.15, 0.2) is 0 Å². The zero-order valence-corrected chi connectivity index (χ0v) is 24.9. The van der Waals surface area contributed by atoms with Gasteiger partial charge in [0.05, 0.1) is 29.4 Å². The summed E-state index contributed by atoms with van der Waals surface area (Å²) in [7, 11) is 0. The average Bonchev–Trinajstić information content (AvgIpc) is 3.45. The fourth-order valence-corrected chi connectivity index (χ4v) is 6.45. The molecule has 13 heteroatoms. The second kappa shape index (κ2) is 12.0. The Morgan fingerprint density at radius 2 is 1.64 bits per heavy atom. The number of nitrogens with one attached hydrogen (secondary N) is 1. The number of carbonyl (C=O) groups is 1. The standard InChI is InChI=1S/C31H35F6N5O2/c1-5-41(25-9-7-6-8-10-25)28-22(11-21(15-38-28)26-17(2)39-40-18(26)3)16-42-19(4)27(44-29(42)43)20-12-23(30(32,33)34)14-24(13-20)31(35,36)37/h11-15,19,25,27H,5-10,16H2,1-4H3,(H,39,40)/t19-,27-/m0/s1. The van der Waals surface area contributed by atoms with Gasteiger partial charge in [0.2, 0.25) is 0 Å². The van der Waals surface area contributed by atoms with Crippen LogP contribution in [0.2, 0.25) is 0 Å². The van der Waals surface area contributed by atoms with Gasteiger partial charge in [-0.2, -0.15) is 31.4 Å². The SMILES string of the molecule is CCN(c1ncc(-c2c(C)n[nH]c2C)cc1CN1C(=O)O[C@H](c2cc(C(F)(F)F)cc(C(F)(F)F)c2)[C@@H]1C)C1CCCCC1. The van der Waals surface area contributed by atoms with E-state index in [9.17, 15) is 31.1 Å². The van der Waals surface area contributed by atoms with Crippen LogP contribution in [0.3, 0.4) is 0 Å². The van der Waals surface area contributed by atoms with E-state index in [1.807, 2.05) is 26.8 Å². The first-order valence-electron chi connectivity index (χ1n) is 14.7. The Kier molecular flexibility index (Phi) is 8.60. The first-order chi connectivity index (χ1) is 20.7. The molecule has 3 heterocycles. The molecule has 3 aromatic rings. The lowest BCUT2D eigenvalue weighted by Crippen LogP contribution is -2.39. The molecule has 1 saturated carbocycles. The number of H-pyrrole nitrogens is 1. The topological polar surface area (TPSA) is 74.4 Å². The van der Waals surface area contributed by atoms with Gasteiger partial charge in [0.1, 0.15) is 11.9 Å². The van der Waals surface area contributed by atoms with Gasteiger partial charge in [-0.25, -0.2) is 9.78 Å². The van der Waals surface area contributed by atoms with E-state index in [2.05, 4.69) is 15.1 Å². The van der Waals surface area contributed by atoms with Gasteiger partial charge < -0.3 is 9.64 Å². The Labute approximate surface area is 251 Å². The minimum Gasteiger partial charge on any atom is -0.439 e. The smallest absolute Gasteiger partial charge is 0.416 e. The van der Waals surface area contributed by atoms with Crippen LogP contribution in [0.1, 0.15) is 85.7 Å². The number of hydrogen-bond acceptors (Lipinski definition) is 5. The number of halogens is 6. The molecule has 2 fully saturated rings. The molecule has 1 amide bonds. The van der Waals surface area contributed by atoms with Crippen LogP contribution in [-0.4, -0.2) is 44.8 Å². The molecule has 1 aliphatic carbocycles. The van der Waals surface area contributed by atoms with Crippen molar-refractivity contribution >= 4 is 11.9 Å². The highest BCUT2D eigenvalue weighted by molar-refractivity contribution is 5.73. The predicted molar refractivity (Wildman–Crippen MR) is 152 cm³/mol. The summed E-state index contributed by atoms with van der Waals surface area (Å²) in [6, 6.07) is 2.62. The minimum atomic E-state index is -5.02. The molecular weight excluding hydrogens is 588 g/mol. The molecule has 0 bridgehead atoms. The van der Waals surface area contributed by atoms with Crippen molar-refractivity contribution in [2.75, 3.05) is 11.4 Å². The normalized spacial score (nSPS) is 19.9. The van der Waals surface area contributed by atoms with Crippen molar-refractivity contribution in [3.05, 3.63) is 64.1 Å². The summed E-state index contributed by atoms with van der Waals surface area (Å²) < 4.78 is 86.9. The number of ether oxygens (including phenoxy) is 1. The maximum atomic E-state index is 13.6. The van der Waals surface area contributed by atoms with Crippen molar-refractivity contribution in [3.8, 4) is 11.1 Å². The summed E-state index contributed by atoms with van der Waals surface area (Å²) in [6.45, 7) is 8.01. The minimum absolute atomic E-state index is 0.00305. The van der Waals surface area contributed by atoms with Crippen LogP contribution in [0.5, 0.6) is 0 Å². The van der Waals surface area contributed by atoms with Gasteiger partial charge in [-0.1, -0.05) is 19.3 Å². The summed E-state index contributed by atoms with van der Waals surface area (Å²) in [5, 5.41) is 7.24. The number of cyclic esters (lactones) is 1. The van der Waals surface area contributed by atoms with E-state index in [4.69, 9.17) is 9.72 Å². The number of anilines is 1. The number of amides is 1. The van der Waals surface area contributed by atoms with Crippen molar-refractivity contribution in [2.24, 2.45) is 0 Å². The highest BCUT2D eigenvalue weighted by Gasteiger charge is 2.43. The maximum Gasteiger partial charge on any atom is 0.416 e. The second-order valence-electron chi connectivity index (χ2n) is 11.6. The Morgan fingerprint density at radius 3 is 2.18 bits per heavy atom. The van der Waals surface area contributed by atoms with Gasteiger partial charge in [-0.15, -0.1) is 0 Å². The van der Waals surface area contributed by atoms with E-state index >= 15 is 0 Å². The van der Waals surface area contributed by atoms with E-state index in [-0.39, 0.29) is 24.2 Å². The molecule has 238 valence electrons. The summed E-state index contributed by atoms with van der Waals surface area (Å²) in [4.78, 5) is 21.6. The van der Waals surface area contributed by atoms with Gasteiger partial charge in [-0.05, 0) is 70.4 Å².